The number of aromatic nitrogens is 1. The van der Waals surface area contributed by atoms with Crippen molar-refractivity contribution in [3.05, 3.63) is 17.0 Å². The van der Waals surface area contributed by atoms with Crippen LogP contribution in [0, 0.1) is 5.92 Å². The number of methoxy groups -OCH3 is 1. The van der Waals surface area contributed by atoms with Gasteiger partial charge in [-0.05, 0) is 13.8 Å². The molecule has 0 amide bonds. The number of carbonyl (C=O) groups is 2. The lowest BCUT2D eigenvalue weighted by Gasteiger charge is -2.16. The Bertz CT molecular complexity index is 403. The van der Waals surface area contributed by atoms with Gasteiger partial charge in [0.1, 0.15) is 5.78 Å². The maximum absolute atomic E-state index is 11.5. The molecule has 87 valence electrons. The lowest BCUT2D eigenvalue weighted by Crippen LogP contribution is -2.24. The highest BCUT2D eigenvalue weighted by Crippen LogP contribution is 2.29. The third kappa shape index (κ3) is 2.57. The zero-order valence-corrected chi connectivity index (χ0v) is 10.1. The van der Waals surface area contributed by atoms with E-state index in [1.165, 1.54) is 25.4 Å². The van der Waals surface area contributed by atoms with Gasteiger partial charge in [-0.3, -0.25) is 9.59 Å². The minimum absolute atomic E-state index is 0.159. The quantitative estimate of drug-likeness (QED) is 0.800. The summed E-state index contributed by atoms with van der Waals surface area (Å²) in [6.07, 6.45) is 0. The van der Waals surface area contributed by atoms with Crippen LogP contribution in [0.25, 0.3) is 0 Å². The zero-order valence-electron chi connectivity index (χ0n) is 9.31. The zero-order chi connectivity index (χ0) is 12.3. The van der Waals surface area contributed by atoms with Crippen molar-refractivity contribution in [1.82, 2.24) is 4.98 Å². The molecule has 0 spiro atoms. The van der Waals surface area contributed by atoms with E-state index in [1.54, 1.807) is 12.3 Å². The van der Waals surface area contributed by atoms with Crippen molar-refractivity contribution >= 4 is 28.2 Å². The van der Waals surface area contributed by atoms with Gasteiger partial charge < -0.3 is 10.5 Å². The Morgan fingerprint density at radius 3 is 2.50 bits per heavy atom. The van der Waals surface area contributed by atoms with E-state index in [-0.39, 0.29) is 5.78 Å². The molecule has 0 aliphatic rings. The number of nitrogen functional groups attached to an aromatic ring is 1. The molecule has 5 nitrogen and oxygen atoms in total. The van der Waals surface area contributed by atoms with Crippen molar-refractivity contribution in [3.8, 4) is 0 Å². The number of carbonyl (C=O) groups excluding carboxylic acids is 2. The summed E-state index contributed by atoms with van der Waals surface area (Å²) in [4.78, 5) is 26.9. The van der Waals surface area contributed by atoms with Crippen LogP contribution in [0.1, 0.15) is 25.5 Å². The Kier molecular flexibility index (Phi) is 4.00. The monoisotopic (exact) mass is 241 g/mol. The molecule has 0 aromatic carbocycles. The van der Waals surface area contributed by atoms with Crippen molar-refractivity contribution in [2.24, 2.45) is 0 Å². The van der Waals surface area contributed by atoms with Gasteiger partial charge in [-0.15, -0.1) is 11.3 Å². The topological polar surface area (TPSA) is 82.3 Å². The van der Waals surface area contributed by atoms with Crippen molar-refractivity contribution in [3.63, 3.8) is 0 Å². The van der Waals surface area contributed by atoms with Gasteiger partial charge in [-0.2, -0.15) is 0 Å². The molecule has 0 saturated heterocycles. The smallest absolute Gasteiger partial charge is 0.313 e. The maximum Gasteiger partial charge on any atom is 0.313 e. The predicted molar refractivity (Wildman–Crippen MR) is 60.9 cm³/mol. The van der Waals surface area contributed by atoms with E-state index in [0.29, 0.717) is 16.7 Å². The number of hydrogen-bond acceptors (Lipinski definition) is 6. The van der Waals surface area contributed by atoms with Crippen LogP contribution in [0.2, 0.25) is 0 Å². The van der Waals surface area contributed by atoms with E-state index in [4.69, 9.17) is 5.73 Å². The molecule has 1 rings (SSSR count). The van der Waals surface area contributed by atoms with Gasteiger partial charge in [-0.25, -0.2) is 4.98 Å². The van der Waals surface area contributed by atoms with Crippen molar-refractivity contribution < 1.29 is 14.3 Å². The average Bonchev–Trinajstić information content (AvgIpc) is 2.63. The molecule has 1 radical (unpaired) electrons. The first-order chi connectivity index (χ1) is 7.47. The number of ether oxygens (including phenoxy) is 1. The first kappa shape index (κ1) is 12.6. The largest absolute Gasteiger partial charge is 0.469 e. The van der Waals surface area contributed by atoms with Gasteiger partial charge in [0.2, 0.25) is 0 Å². The Balaban J connectivity index is 3.00. The van der Waals surface area contributed by atoms with Crippen LogP contribution in [0.4, 0.5) is 5.13 Å². The summed E-state index contributed by atoms with van der Waals surface area (Å²) in [5.74, 6) is -1.01. The number of nitrogens with two attached hydrogens (primary N) is 1. The fraction of sp³-hybridized carbons (Fsp3) is 0.400. The molecule has 2 N–H and O–H groups in total. The normalized spacial score (nSPS) is 12.5. The van der Waals surface area contributed by atoms with Crippen LogP contribution in [0.15, 0.2) is 5.38 Å². The van der Waals surface area contributed by atoms with Crippen LogP contribution in [0.5, 0.6) is 0 Å². The highest BCUT2D eigenvalue weighted by Gasteiger charge is 2.32. The molecule has 0 bridgehead atoms. The predicted octanol–water partition coefficient (Wildman–Crippen LogP) is 1.17. The average molecular weight is 241 g/mol. The molecule has 0 saturated carbocycles. The fourth-order valence-electron chi connectivity index (χ4n) is 1.45. The van der Waals surface area contributed by atoms with Gasteiger partial charge in [-0.1, -0.05) is 0 Å². The minimum atomic E-state index is -0.666. The van der Waals surface area contributed by atoms with E-state index in [2.05, 4.69) is 9.72 Å². The van der Waals surface area contributed by atoms with E-state index in [9.17, 15) is 9.59 Å². The highest BCUT2D eigenvalue weighted by atomic mass is 32.1. The molecule has 0 aliphatic carbocycles. The molecule has 6 heteroatoms. The van der Waals surface area contributed by atoms with Gasteiger partial charge in [0.15, 0.2) is 5.13 Å². The molecule has 1 heterocycles. The first-order valence-corrected chi connectivity index (χ1v) is 5.48. The second kappa shape index (κ2) is 5.07. The van der Waals surface area contributed by atoms with Crippen LogP contribution in [-0.4, -0.2) is 23.8 Å². The van der Waals surface area contributed by atoms with Gasteiger partial charge >= 0.3 is 5.97 Å². The third-order valence-corrected chi connectivity index (χ3v) is 2.87. The molecule has 1 unspecified atom stereocenters. The number of anilines is 1. The summed E-state index contributed by atoms with van der Waals surface area (Å²) < 4.78 is 4.59. The Hall–Kier alpha value is -1.43. The van der Waals surface area contributed by atoms with E-state index in [0.717, 1.165) is 0 Å². The summed E-state index contributed by atoms with van der Waals surface area (Å²) in [5, 5.41) is 2.05. The van der Waals surface area contributed by atoms with Crippen LogP contribution < -0.4 is 5.73 Å². The molecular weight excluding hydrogens is 228 g/mol. The number of esters is 1. The SMILES string of the molecule is COC(=O)[C](C)C(C(C)=O)c1csc(N)n1. The molecule has 0 aliphatic heterocycles. The number of Topliss-reactive ketones (excluding diaryl/α,β-unsaturated/α-hetero) is 1. The third-order valence-electron chi connectivity index (χ3n) is 2.18. The first-order valence-electron chi connectivity index (χ1n) is 4.60. The van der Waals surface area contributed by atoms with Gasteiger partial charge in [0.05, 0.1) is 24.6 Å². The second-order valence-corrected chi connectivity index (χ2v) is 4.22. The number of rotatable bonds is 4. The summed E-state index contributed by atoms with van der Waals surface area (Å²) in [5.41, 5.74) is 5.99. The second-order valence-electron chi connectivity index (χ2n) is 3.33. The molecular formula is C10H13N2O3S. The summed E-state index contributed by atoms with van der Waals surface area (Å²) >= 11 is 1.24. The van der Waals surface area contributed by atoms with E-state index < -0.39 is 11.9 Å². The number of hydrogen-bond donors (Lipinski definition) is 1. The van der Waals surface area contributed by atoms with Gasteiger partial charge in [0.25, 0.3) is 0 Å². The summed E-state index contributed by atoms with van der Waals surface area (Å²) in [7, 11) is 1.28. The Morgan fingerprint density at radius 1 is 1.50 bits per heavy atom. The Morgan fingerprint density at radius 2 is 2.12 bits per heavy atom. The van der Waals surface area contributed by atoms with E-state index in [1.807, 2.05) is 0 Å². The van der Waals surface area contributed by atoms with Crippen LogP contribution in [0.3, 0.4) is 0 Å². The van der Waals surface area contributed by atoms with Crippen LogP contribution >= 0.6 is 11.3 Å². The number of ketones is 1. The number of nitrogens with zero attached hydrogens (tertiary/aromatic N) is 1. The standard InChI is InChI=1S/C10H13N2O3S/c1-5(9(14)15-3)8(6(2)13)7-4-16-10(11)12-7/h4,8H,1-3H3,(H2,11,12). The molecule has 16 heavy (non-hydrogen) atoms. The lowest BCUT2D eigenvalue weighted by molar-refractivity contribution is -0.139. The highest BCUT2D eigenvalue weighted by molar-refractivity contribution is 7.13. The number of thiazole rings is 1. The lowest BCUT2D eigenvalue weighted by atomic mass is 9.88. The molecule has 0 fully saturated rings. The van der Waals surface area contributed by atoms with E-state index >= 15 is 0 Å². The van der Waals surface area contributed by atoms with Crippen molar-refractivity contribution in [2.75, 3.05) is 12.8 Å². The Labute approximate surface area is 97.6 Å². The molecule has 1 atom stereocenters. The molecule has 1 aromatic heterocycles. The summed E-state index contributed by atoms with van der Waals surface area (Å²) in [6.45, 7) is 2.97. The van der Waals surface area contributed by atoms with Crippen molar-refractivity contribution in [2.45, 2.75) is 19.8 Å². The fourth-order valence-corrected chi connectivity index (χ4v) is 2.04. The summed E-state index contributed by atoms with van der Waals surface area (Å²) in [6, 6.07) is 0. The van der Waals surface area contributed by atoms with Crippen LogP contribution in [-0.2, 0) is 14.3 Å². The van der Waals surface area contributed by atoms with Gasteiger partial charge in [0, 0.05) is 5.38 Å². The molecule has 1 aromatic rings. The minimum Gasteiger partial charge on any atom is -0.469 e. The van der Waals surface area contributed by atoms with Crippen molar-refractivity contribution in [1.29, 1.82) is 0 Å². The maximum atomic E-state index is 11.5.